The first-order valence-electron chi connectivity index (χ1n) is 8.33. The molecule has 0 spiro atoms. The molecule has 23 heavy (non-hydrogen) atoms. The second kappa shape index (κ2) is 7.99. The van der Waals surface area contributed by atoms with Crippen molar-refractivity contribution in [1.29, 1.82) is 0 Å². The Kier molecular flexibility index (Phi) is 6.02. The zero-order valence-electron chi connectivity index (χ0n) is 13.8. The van der Waals surface area contributed by atoms with Crippen LogP contribution in [0.3, 0.4) is 0 Å². The SMILES string of the molecule is CC(C)CC(=O)Nc1ccc(NC2CCC(C(=O)O)CC2)cc1. The van der Waals surface area contributed by atoms with Crippen molar-refractivity contribution in [3.05, 3.63) is 24.3 Å². The summed E-state index contributed by atoms with van der Waals surface area (Å²) >= 11 is 0. The van der Waals surface area contributed by atoms with Gasteiger partial charge < -0.3 is 15.7 Å². The molecule has 5 heteroatoms. The summed E-state index contributed by atoms with van der Waals surface area (Å²) in [4.78, 5) is 22.7. The minimum Gasteiger partial charge on any atom is -0.481 e. The summed E-state index contributed by atoms with van der Waals surface area (Å²) in [5.41, 5.74) is 1.81. The quantitative estimate of drug-likeness (QED) is 0.747. The molecule has 0 saturated heterocycles. The van der Waals surface area contributed by atoms with Crippen molar-refractivity contribution < 1.29 is 14.7 Å². The summed E-state index contributed by atoms with van der Waals surface area (Å²) in [5.74, 6) is -0.485. The molecule has 1 aromatic rings. The number of anilines is 2. The fourth-order valence-corrected chi connectivity index (χ4v) is 2.95. The second-order valence-electron chi connectivity index (χ2n) is 6.75. The van der Waals surface area contributed by atoms with Crippen LogP contribution in [0.1, 0.15) is 46.0 Å². The van der Waals surface area contributed by atoms with Crippen LogP contribution >= 0.6 is 0 Å². The van der Waals surface area contributed by atoms with Crippen molar-refractivity contribution >= 4 is 23.3 Å². The van der Waals surface area contributed by atoms with Gasteiger partial charge in [0.25, 0.3) is 0 Å². The third-order valence-electron chi connectivity index (χ3n) is 4.21. The lowest BCUT2D eigenvalue weighted by atomic mass is 9.86. The highest BCUT2D eigenvalue weighted by Crippen LogP contribution is 2.27. The van der Waals surface area contributed by atoms with Gasteiger partial charge in [0.2, 0.25) is 5.91 Å². The van der Waals surface area contributed by atoms with E-state index in [-0.39, 0.29) is 11.8 Å². The van der Waals surface area contributed by atoms with Crippen LogP contribution < -0.4 is 10.6 Å². The van der Waals surface area contributed by atoms with Crippen LogP contribution in [0.15, 0.2) is 24.3 Å². The zero-order chi connectivity index (χ0) is 16.8. The summed E-state index contributed by atoms with van der Waals surface area (Å²) in [5, 5.41) is 15.4. The van der Waals surface area contributed by atoms with Crippen molar-refractivity contribution in [1.82, 2.24) is 0 Å². The Balaban J connectivity index is 1.81. The van der Waals surface area contributed by atoms with Gasteiger partial charge in [0.05, 0.1) is 5.92 Å². The van der Waals surface area contributed by atoms with Crippen LogP contribution in [0.25, 0.3) is 0 Å². The van der Waals surface area contributed by atoms with Gasteiger partial charge in [-0.3, -0.25) is 9.59 Å². The molecule has 0 unspecified atom stereocenters. The van der Waals surface area contributed by atoms with Crippen LogP contribution in [0.2, 0.25) is 0 Å². The molecule has 1 fully saturated rings. The molecule has 126 valence electrons. The number of carbonyl (C=O) groups is 2. The van der Waals surface area contributed by atoms with E-state index in [0.29, 0.717) is 18.4 Å². The maximum absolute atomic E-state index is 11.7. The summed E-state index contributed by atoms with van der Waals surface area (Å²) < 4.78 is 0. The number of amides is 1. The summed E-state index contributed by atoms with van der Waals surface area (Å²) in [6.45, 7) is 4.04. The smallest absolute Gasteiger partial charge is 0.306 e. The van der Waals surface area contributed by atoms with E-state index in [1.54, 1.807) is 0 Å². The molecule has 0 aromatic heterocycles. The Morgan fingerprint density at radius 2 is 1.65 bits per heavy atom. The topological polar surface area (TPSA) is 78.4 Å². The maximum atomic E-state index is 11.7. The Morgan fingerprint density at radius 3 is 2.17 bits per heavy atom. The zero-order valence-corrected chi connectivity index (χ0v) is 13.8. The molecule has 1 amide bonds. The van der Waals surface area contributed by atoms with Crippen molar-refractivity contribution in [2.24, 2.45) is 11.8 Å². The fraction of sp³-hybridized carbons (Fsp3) is 0.556. The molecule has 0 bridgehead atoms. The lowest BCUT2D eigenvalue weighted by Gasteiger charge is -2.27. The van der Waals surface area contributed by atoms with Crippen molar-refractivity contribution in [2.75, 3.05) is 10.6 Å². The number of carboxylic acids is 1. The average Bonchev–Trinajstić information content (AvgIpc) is 2.49. The van der Waals surface area contributed by atoms with Crippen LogP contribution in [-0.2, 0) is 9.59 Å². The molecule has 1 saturated carbocycles. The van der Waals surface area contributed by atoms with E-state index in [4.69, 9.17) is 5.11 Å². The van der Waals surface area contributed by atoms with Crippen LogP contribution in [-0.4, -0.2) is 23.0 Å². The van der Waals surface area contributed by atoms with Gasteiger partial charge in [0, 0.05) is 23.8 Å². The van der Waals surface area contributed by atoms with E-state index in [1.165, 1.54) is 0 Å². The predicted octanol–water partition coefficient (Wildman–Crippen LogP) is 3.73. The number of aliphatic carboxylic acids is 1. The molecule has 1 aliphatic rings. The molecule has 2 rings (SSSR count). The Bertz CT molecular complexity index is 532. The highest BCUT2D eigenvalue weighted by Gasteiger charge is 2.25. The molecule has 1 aromatic carbocycles. The van der Waals surface area contributed by atoms with Gasteiger partial charge in [-0.15, -0.1) is 0 Å². The van der Waals surface area contributed by atoms with E-state index in [2.05, 4.69) is 10.6 Å². The van der Waals surface area contributed by atoms with E-state index in [9.17, 15) is 9.59 Å². The number of carbonyl (C=O) groups excluding carboxylic acids is 1. The Labute approximate surface area is 137 Å². The monoisotopic (exact) mass is 318 g/mol. The van der Waals surface area contributed by atoms with Crippen LogP contribution in [0, 0.1) is 11.8 Å². The predicted molar refractivity (Wildman–Crippen MR) is 91.5 cm³/mol. The molecule has 0 atom stereocenters. The molecule has 0 heterocycles. The third kappa shape index (κ3) is 5.58. The van der Waals surface area contributed by atoms with Gasteiger partial charge in [-0.25, -0.2) is 0 Å². The summed E-state index contributed by atoms with van der Waals surface area (Å²) in [6.07, 6.45) is 3.74. The Morgan fingerprint density at radius 1 is 1.09 bits per heavy atom. The summed E-state index contributed by atoms with van der Waals surface area (Å²) in [7, 11) is 0. The second-order valence-corrected chi connectivity index (χ2v) is 6.75. The van der Waals surface area contributed by atoms with E-state index < -0.39 is 5.97 Å². The minimum atomic E-state index is -0.676. The van der Waals surface area contributed by atoms with Crippen molar-refractivity contribution in [3.8, 4) is 0 Å². The summed E-state index contributed by atoms with van der Waals surface area (Å²) in [6, 6.07) is 8.02. The number of rotatable bonds is 6. The van der Waals surface area contributed by atoms with E-state index in [1.807, 2.05) is 38.1 Å². The minimum absolute atomic E-state index is 0.0349. The number of hydrogen-bond donors (Lipinski definition) is 3. The first-order chi connectivity index (χ1) is 10.9. The standard InChI is InChI=1S/C18H26N2O3/c1-12(2)11-17(21)20-16-9-7-15(8-10-16)19-14-5-3-13(4-6-14)18(22)23/h7-10,12-14,19H,3-6,11H2,1-2H3,(H,20,21)(H,22,23). The van der Waals surface area contributed by atoms with Gasteiger partial charge in [-0.05, 0) is 55.9 Å². The molecular weight excluding hydrogens is 292 g/mol. The normalized spacial score (nSPS) is 21.0. The highest BCUT2D eigenvalue weighted by atomic mass is 16.4. The van der Waals surface area contributed by atoms with Gasteiger partial charge in [-0.2, -0.15) is 0 Å². The van der Waals surface area contributed by atoms with Crippen LogP contribution in [0.5, 0.6) is 0 Å². The van der Waals surface area contributed by atoms with Gasteiger partial charge in [-0.1, -0.05) is 13.8 Å². The first-order valence-corrected chi connectivity index (χ1v) is 8.33. The lowest BCUT2D eigenvalue weighted by molar-refractivity contribution is -0.142. The fourth-order valence-electron chi connectivity index (χ4n) is 2.95. The maximum Gasteiger partial charge on any atom is 0.306 e. The molecule has 0 radical (unpaired) electrons. The first kappa shape index (κ1) is 17.3. The lowest BCUT2D eigenvalue weighted by Crippen LogP contribution is -2.29. The van der Waals surface area contributed by atoms with Gasteiger partial charge >= 0.3 is 5.97 Å². The number of hydrogen-bond acceptors (Lipinski definition) is 3. The van der Waals surface area contributed by atoms with E-state index >= 15 is 0 Å². The third-order valence-corrected chi connectivity index (χ3v) is 4.21. The molecular formula is C18H26N2O3. The molecule has 5 nitrogen and oxygen atoms in total. The van der Waals surface area contributed by atoms with Crippen molar-refractivity contribution in [3.63, 3.8) is 0 Å². The highest BCUT2D eigenvalue weighted by molar-refractivity contribution is 5.90. The van der Waals surface area contributed by atoms with E-state index in [0.717, 1.165) is 37.1 Å². The molecule has 1 aliphatic carbocycles. The number of carboxylic acid groups (broad SMARTS) is 1. The van der Waals surface area contributed by atoms with Crippen molar-refractivity contribution in [2.45, 2.75) is 52.0 Å². The Hall–Kier alpha value is -2.04. The van der Waals surface area contributed by atoms with Crippen LogP contribution in [0.4, 0.5) is 11.4 Å². The number of nitrogens with one attached hydrogen (secondary N) is 2. The van der Waals surface area contributed by atoms with Gasteiger partial charge in [0.15, 0.2) is 0 Å². The molecule has 0 aliphatic heterocycles. The number of benzene rings is 1. The average molecular weight is 318 g/mol. The molecule has 3 N–H and O–H groups in total. The van der Waals surface area contributed by atoms with Gasteiger partial charge in [0.1, 0.15) is 0 Å². The largest absolute Gasteiger partial charge is 0.481 e.